The lowest BCUT2D eigenvalue weighted by Crippen LogP contribution is -2.51. The highest BCUT2D eigenvalue weighted by Crippen LogP contribution is 2.29. The Kier molecular flexibility index (Phi) is 7.86. The Morgan fingerprint density at radius 1 is 0.594 bits per heavy atom. The monoisotopic (exact) mass is 430 g/mol. The van der Waals surface area contributed by atoms with Crippen molar-refractivity contribution < 1.29 is 19.3 Å². The molecule has 4 rings (SSSR count). The Balaban J connectivity index is 1.52. The highest BCUT2D eigenvalue weighted by atomic mass is 16.6. The number of rotatable bonds is 9. The van der Waals surface area contributed by atoms with Crippen molar-refractivity contribution in [3.8, 4) is 0 Å². The number of ether oxygens (including phenoxy) is 3. The fourth-order valence-corrected chi connectivity index (χ4v) is 3.98. The quantitative estimate of drug-likeness (QED) is 0.482. The first-order chi connectivity index (χ1) is 15.7. The van der Waals surface area contributed by atoms with Crippen molar-refractivity contribution in [1.29, 1.82) is 0 Å². The molecule has 0 spiro atoms. The standard InChI is InChI=1S/C28H30O4/c1-21-17-25(29)27(31-19-23-13-7-3-8-14-23)28(32-20-24-15-9-4-10-16-24)26(21)30-18-22-11-5-2-6-12-22/h2-17,25-29H,18-20H2,1H3/t25-,26-,27?,28?/m1/s1. The number of aliphatic hydroxyl groups is 1. The molecule has 3 aromatic carbocycles. The Morgan fingerprint density at radius 2 is 1.00 bits per heavy atom. The summed E-state index contributed by atoms with van der Waals surface area (Å²) < 4.78 is 18.9. The fraction of sp³-hybridized carbons (Fsp3) is 0.286. The first-order valence-corrected chi connectivity index (χ1v) is 11.0. The molecule has 0 aromatic heterocycles. The second-order valence-corrected chi connectivity index (χ2v) is 8.14. The summed E-state index contributed by atoms with van der Waals surface area (Å²) in [5.41, 5.74) is 4.16. The fourth-order valence-electron chi connectivity index (χ4n) is 3.98. The van der Waals surface area contributed by atoms with Gasteiger partial charge in [-0.25, -0.2) is 0 Å². The zero-order valence-corrected chi connectivity index (χ0v) is 18.3. The third-order valence-electron chi connectivity index (χ3n) is 5.68. The van der Waals surface area contributed by atoms with Crippen molar-refractivity contribution in [3.63, 3.8) is 0 Å². The predicted octanol–water partition coefficient (Wildman–Crippen LogP) is 5.06. The van der Waals surface area contributed by atoms with Gasteiger partial charge in [0.05, 0.1) is 19.8 Å². The van der Waals surface area contributed by atoms with Crippen LogP contribution in [0.5, 0.6) is 0 Å². The summed E-state index contributed by atoms with van der Waals surface area (Å²) in [6, 6.07) is 30.1. The number of hydrogen-bond acceptors (Lipinski definition) is 4. The third kappa shape index (κ3) is 5.93. The SMILES string of the molecule is CC1=C[C@@H](O)C(OCc2ccccc2)C(OCc2ccccc2)[C@@H]1OCc1ccccc1. The minimum atomic E-state index is -0.768. The van der Waals surface area contributed by atoms with Crippen molar-refractivity contribution in [2.45, 2.75) is 51.2 Å². The Bertz CT molecular complexity index is 972. The topological polar surface area (TPSA) is 47.9 Å². The summed E-state index contributed by atoms with van der Waals surface area (Å²) in [4.78, 5) is 0. The summed E-state index contributed by atoms with van der Waals surface area (Å²) >= 11 is 0. The van der Waals surface area contributed by atoms with Gasteiger partial charge in [0, 0.05) is 0 Å². The van der Waals surface area contributed by atoms with E-state index in [4.69, 9.17) is 14.2 Å². The molecule has 1 N–H and O–H groups in total. The minimum absolute atomic E-state index is 0.317. The molecule has 0 radical (unpaired) electrons. The second-order valence-electron chi connectivity index (χ2n) is 8.14. The molecule has 2 unspecified atom stereocenters. The van der Waals surface area contributed by atoms with E-state index in [0.717, 1.165) is 22.3 Å². The van der Waals surface area contributed by atoms with Gasteiger partial charge in [0.2, 0.25) is 0 Å². The molecule has 1 aliphatic carbocycles. The summed E-state index contributed by atoms with van der Waals surface area (Å²) in [7, 11) is 0. The molecule has 4 atom stereocenters. The van der Waals surface area contributed by atoms with E-state index in [-0.39, 0.29) is 6.10 Å². The molecular weight excluding hydrogens is 400 g/mol. The zero-order valence-electron chi connectivity index (χ0n) is 18.3. The van der Waals surface area contributed by atoms with E-state index in [1.807, 2.05) is 104 Å². The Morgan fingerprint density at radius 3 is 1.47 bits per heavy atom. The van der Waals surface area contributed by atoms with Gasteiger partial charge in [0.1, 0.15) is 24.4 Å². The molecule has 1 aliphatic rings. The highest BCUT2D eigenvalue weighted by molar-refractivity contribution is 5.21. The van der Waals surface area contributed by atoms with Gasteiger partial charge in [0.15, 0.2) is 0 Å². The average Bonchev–Trinajstić information content (AvgIpc) is 2.83. The largest absolute Gasteiger partial charge is 0.386 e. The molecule has 32 heavy (non-hydrogen) atoms. The van der Waals surface area contributed by atoms with Crippen LogP contribution >= 0.6 is 0 Å². The van der Waals surface area contributed by atoms with Crippen molar-refractivity contribution in [1.82, 2.24) is 0 Å². The van der Waals surface area contributed by atoms with Crippen molar-refractivity contribution in [2.75, 3.05) is 0 Å². The predicted molar refractivity (Wildman–Crippen MR) is 125 cm³/mol. The molecule has 0 fully saturated rings. The lowest BCUT2D eigenvalue weighted by atomic mass is 9.89. The van der Waals surface area contributed by atoms with Crippen molar-refractivity contribution in [2.24, 2.45) is 0 Å². The van der Waals surface area contributed by atoms with E-state index in [2.05, 4.69) is 0 Å². The normalized spacial score (nSPS) is 23.0. The van der Waals surface area contributed by atoms with Gasteiger partial charge in [-0.3, -0.25) is 0 Å². The first-order valence-electron chi connectivity index (χ1n) is 11.0. The lowest BCUT2D eigenvalue weighted by Gasteiger charge is -2.39. The Labute approximate surface area is 190 Å². The number of aliphatic hydroxyl groups excluding tert-OH is 1. The van der Waals surface area contributed by atoms with E-state index >= 15 is 0 Å². The van der Waals surface area contributed by atoms with Crippen LogP contribution in [0.3, 0.4) is 0 Å². The lowest BCUT2D eigenvalue weighted by molar-refractivity contribution is -0.170. The summed E-state index contributed by atoms with van der Waals surface area (Å²) in [5.74, 6) is 0. The summed E-state index contributed by atoms with van der Waals surface area (Å²) in [6.07, 6.45) is -0.238. The van der Waals surface area contributed by atoms with Crippen molar-refractivity contribution >= 4 is 0 Å². The molecule has 0 amide bonds. The van der Waals surface area contributed by atoms with Gasteiger partial charge in [-0.05, 0) is 29.2 Å². The summed E-state index contributed by atoms with van der Waals surface area (Å²) in [6.45, 7) is 3.25. The molecule has 4 heteroatoms. The average molecular weight is 431 g/mol. The number of benzene rings is 3. The maximum atomic E-state index is 10.9. The molecule has 4 nitrogen and oxygen atoms in total. The van der Waals surface area contributed by atoms with E-state index in [0.29, 0.717) is 19.8 Å². The van der Waals surface area contributed by atoms with Crippen LogP contribution in [0.15, 0.2) is 103 Å². The molecule has 0 bridgehead atoms. The van der Waals surface area contributed by atoms with Gasteiger partial charge >= 0.3 is 0 Å². The molecule has 0 heterocycles. The maximum Gasteiger partial charge on any atom is 0.117 e. The zero-order chi connectivity index (χ0) is 22.2. The van der Waals surface area contributed by atoms with Gasteiger partial charge in [-0.15, -0.1) is 0 Å². The minimum Gasteiger partial charge on any atom is -0.386 e. The van der Waals surface area contributed by atoms with Gasteiger partial charge in [-0.2, -0.15) is 0 Å². The van der Waals surface area contributed by atoms with E-state index in [1.165, 1.54) is 0 Å². The van der Waals surface area contributed by atoms with Crippen molar-refractivity contribution in [3.05, 3.63) is 119 Å². The van der Waals surface area contributed by atoms with Crippen LogP contribution in [-0.4, -0.2) is 29.5 Å². The van der Waals surface area contributed by atoms with Crippen LogP contribution in [-0.2, 0) is 34.0 Å². The smallest absolute Gasteiger partial charge is 0.117 e. The molecule has 0 aliphatic heterocycles. The Hall–Kier alpha value is -2.76. The van der Waals surface area contributed by atoms with E-state index in [9.17, 15) is 5.11 Å². The molecule has 3 aromatic rings. The van der Waals surface area contributed by atoms with Gasteiger partial charge in [-0.1, -0.05) is 97.1 Å². The third-order valence-corrected chi connectivity index (χ3v) is 5.68. The molecular formula is C28H30O4. The van der Waals surface area contributed by atoms with Crippen LogP contribution in [0.1, 0.15) is 23.6 Å². The van der Waals surface area contributed by atoms with Gasteiger partial charge < -0.3 is 19.3 Å². The van der Waals surface area contributed by atoms with Gasteiger partial charge in [0.25, 0.3) is 0 Å². The molecule has 0 saturated carbocycles. The van der Waals surface area contributed by atoms with E-state index < -0.39 is 18.3 Å². The second kappa shape index (κ2) is 11.2. The van der Waals surface area contributed by atoms with E-state index in [1.54, 1.807) is 0 Å². The first kappa shape index (κ1) is 22.4. The maximum absolute atomic E-state index is 10.9. The number of hydrogen-bond donors (Lipinski definition) is 1. The van der Waals surface area contributed by atoms with Crippen LogP contribution in [0.2, 0.25) is 0 Å². The van der Waals surface area contributed by atoms with Crippen LogP contribution < -0.4 is 0 Å². The summed E-state index contributed by atoms with van der Waals surface area (Å²) in [5, 5.41) is 10.9. The molecule has 0 saturated heterocycles. The van der Waals surface area contributed by atoms with Crippen LogP contribution in [0, 0.1) is 0 Å². The van der Waals surface area contributed by atoms with Crippen LogP contribution in [0.4, 0.5) is 0 Å². The molecule has 166 valence electrons. The highest BCUT2D eigenvalue weighted by Gasteiger charge is 2.41. The van der Waals surface area contributed by atoms with Crippen LogP contribution in [0.25, 0.3) is 0 Å².